The maximum atomic E-state index is 12.9. The minimum Gasteiger partial charge on any atom is -0.496 e. The van der Waals surface area contributed by atoms with Crippen LogP contribution in [0, 0.1) is 0 Å². The van der Waals surface area contributed by atoms with E-state index in [-0.39, 0.29) is 11.9 Å². The van der Waals surface area contributed by atoms with Crippen LogP contribution in [0.4, 0.5) is 5.82 Å². The molecule has 2 heterocycles. The zero-order valence-electron chi connectivity index (χ0n) is 14.9. The molecule has 2 aromatic carbocycles. The van der Waals surface area contributed by atoms with Gasteiger partial charge in [0.1, 0.15) is 11.6 Å². The van der Waals surface area contributed by atoms with Crippen LogP contribution in [-0.4, -0.2) is 47.0 Å². The molecular formula is C20H19ClN4O2. The minimum absolute atomic E-state index is 0.0803. The van der Waals surface area contributed by atoms with Gasteiger partial charge in [-0.2, -0.15) is 0 Å². The Bertz CT molecular complexity index is 995. The molecule has 1 saturated heterocycles. The molecular weight excluding hydrogens is 364 g/mol. The molecule has 0 bridgehead atoms. The van der Waals surface area contributed by atoms with Crippen molar-refractivity contribution in [1.29, 1.82) is 0 Å². The SMILES string of the molecule is COc1ccc(Cl)cc1C(=O)N1CCC(Nc2cnc3ccccc3n2)C1. The molecule has 4 rings (SSSR count). The van der Waals surface area contributed by atoms with Gasteiger partial charge in [0.25, 0.3) is 5.91 Å². The van der Waals surface area contributed by atoms with Gasteiger partial charge in [0.05, 0.1) is 29.9 Å². The molecule has 0 spiro atoms. The van der Waals surface area contributed by atoms with Crippen LogP contribution in [0.3, 0.4) is 0 Å². The maximum absolute atomic E-state index is 12.9. The Kier molecular flexibility index (Phi) is 4.81. The Morgan fingerprint density at radius 2 is 2.07 bits per heavy atom. The molecule has 6 nitrogen and oxygen atoms in total. The van der Waals surface area contributed by atoms with Gasteiger partial charge in [-0.1, -0.05) is 23.7 Å². The smallest absolute Gasteiger partial charge is 0.257 e. The van der Waals surface area contributed by atoms with Crippen LogP contribution in [0.25, 0.3) is 11.0 Å². The minimum atomic E-state index is -0.0803. The fourth-order valence-corrected chi connectivity index (χ4v) is 3.49. The van der Waals surface area contributed by atoms with Crippen molar-refractivity contribution in [3.63, 3.8) is 0 Å². The number of nitrogens with one attached hydrogen (secondary N) is 1. The van der Waals surface area contributed by atoms with Crippen LogP contribution in [0.2, 0.25) is 5.02 Å². The highest BCUT2D eigenvalue weighted by Gasteiger charge is 2.29. The quantitative estimate of drug-likeness (QED) is 0.746. The first-order valence-corrected chi connectivity index (χ1v) is 9.13. The lowest BCUT2D eigenvalue weighted by molar-refractivity contribution is 0.0788. The Morgan fingerprint density at radius 1 is 1.26 bits per heavy atom. The van der Waals surface area contributed by atoms with Gasteiger partial charge in [-0.3, -0.25) is 9.78 Å². The number of halogens is 1. The molecule has 138 valence electrons. The van der Waals surface area contributed by atoms with Crippen LogP contribution >= 0.6 is 11.6 Å². The molecule has 0 aliphatic carbocycles. The second-order valence-corrected chi connectivity index (χ2v) is 6.91. The number of para-hydroxylation sites is 2. The van der Waals surface area contributed by atoms with Gasteiger partial charge in [0, 0.05) is 24.2 Å². The number of aromatic nitrogens is 2. The van der Waals surface area contributed by atoms with Gasteiger partial charge < -0.3 is 15.0 Å². The van der Waals surface area contributed by atoms with Crippen LogP contribution in [-0.2, 0) is 0 Å². The summed E-state index contributed by atoms with van der Waals surface area (Å²) in [5.41, 5.74) is 2.19. The average molecular weight is 383 g/mol. The first-order chi connectivity index (χ1) is 13.1. The molecule has 7 heteroatoms. The third-order valence-electron chi connectivity index (χ3n) is 4.67. The number of benzene rings is 2. The summed E-state index contributed by atoms with van der Waals surface area (Å²) in [7, 11) is 1.55. The van der Waals surface area contributed by atoms with E-state index in [4.69, 9.17) is 16.3 Å². The average Bonchev–Trinajstić information content (AvgIpc) is 3.15. The molecule has 3 aromatic rings. The Hall–Kier alpha value is -2.86. The van der Waals surface area contributed by atoms with Crippen LogP contribution < -0.4 is 10.1 Å². The van der Waals surface area contributed by atoms with Crippen molar-refractivity contribution >= 4 is 34.4 Å². The molecule has 1 amide bonds. The number of methoxy groups -OCH3 is 1. The van der Waals surface area contributed by atoms with E-state index in [1.165, 1.54) is 0 Å². The zero-order valence-corrected chi connectivity index (χ0v) is 15.6. The fourth-order valence-electron chi connectivity index (χ4n) is 3.32. The highest BCUT2D eigenvalue weighted by molar-refractivity contribution is 6.31. The molecule has 1 aromatic heterocycles. The second-order valence-electron chi connectivity index (χ2n) is 6.47. The number of anilines is 1. The van der Waals surface area contributed by atoms with E-state index in [1.807, 2.05) is 24.3 Å². The standard InChI is InChI=1S/C20H19ClN4O2/c1-27-18-7-6-13(21)10-15(18)20(26)25-9-8-14(12-25)23-19-11-22-16-4-2-3-5-17(16)24-19/h2-7,10-11,14H,8-9,12H2,1H3,(H,23,24). The predicted molar refractivity (Wildman–Crippen MR) is 105 cm³/mol. The molecule has 0 radical (unpaired) electrons. The van der Waals surface area contributed by atoms with Crippen molar-refractivity contribution in [3.8, 4) is 5.75 Å². The van der Waals surface area contributed by atoms with E-state index >= 15 is 0 Å². The number of fused-ring (bicyclic) bond motifs is 1. The van der Waals surface area contributed by atoms with Crippen molar-refractivity contribution in [2.45, 2.75) is 12.5 Å². The lowest BCUT2D eigenvalue weighted by Gasteiger charge is -2.19. The third-order valence-corrected chi connectivity index (χ3v) is 4.90. The van der Waals surface area contributed by atoms with E-state index in [9.17, 15) is 4.79 Å². The van der Waals surface area contributed by atoms with E-state index in [0.29, 0.717) is 35.2 Å². The monoisotopic (exact) mass is 382 g/mol. The van der Waals surface area contributed by atoms with Gasteiger partial charge >= 0.3 is 0 Å². The summed E-state index contributed by atoms with van der Waals surface area (Å²) in [4.78, 5) is 23.7. The molecule has 1 N–H and O–H groups in total. The van der Waals surface area contributed by atoms with Crippen molar-refractivity contribution in [3.05, 3.63) is 59.2 Å². The van der Waals surface area contributed by atoms with Crippen molar-refractivity contribution in [2.75, 3.05) is 25.5 Å². The topological polar surface area (TPSA) is 67.3 Å². The summed E-state index contributed by atoms with van der Waals surface area (Å²) in [5, 5.41) is 3.90. The van der Waals surface area contributed by atoms with Gasteiger partial charge in [-0.25, -0.2) is 4.98 Å². The number of carbonyl (C=O) groups excluding carboxylic acids is 1. The van der Waals surface area contributed by atoms with Crippen LogP contribution in [0.1, 0.15) is 16.8 Å². The van der Waals surface area contributed by atoms with Crippen molar-refractivity contribution < 1.29 is 9.53 Å². The first-order valence-electron chi connectivity index (χ1n) is 8.75. The van der Waals surface area contributed by atoms with Crippen LogP contribution in [0.5, 0.6) is 5.75 Å². The van der Waals surface area contributed by atoms with E-state index < -0.39 is 0 Å². The van der Waals surface area contributed by atoms with Gasteiger partial charge in [0.15, 0.2) is 0 Å². The summed E-state index contributed by atoms with van der Waals surface area (Å²) >= 11 is 6.05. The van der Waals surface area contributed by atoms with Crippen LogP contribution in [0.15, 0.2) is 48.7 Å². The van der Waals surface area contributed by atoms with E-state index in [2.05, 4.69) is 15.3 Å². The number of carbonyl (C=O) groups is 1. The molecule has 0 saturated carbocycles. The molecule has 1 unspecified atom stereocenters. The number of likely N-dealkylation sites (tertiary alicyclic amines) is 1. The van der Waals surface area contributed by atoms with Crippen molar-refractivity contribution in [2.24, 2.45) is 0 Å². The molecule has 1 aliphatic rings. The Balaban J connectivity index is 1.46. The number of ether oxygens (including phenoxy) is 1. The van der Waals surface area contributed by atoms with E-state index in [0.717, 1.165) is 17.5 Å². The summed E-state index contributed by atoms with van der Waals surface area (Å²) < 4.78 is 5.30. The highest BCUT2D eigenvalue weighted by Crippen LogP contribution is 2.26. The van der Waals surface area contributed by atoms with Gasteiger partial charge in [0.2, 0.25) is 0 Å². The lowest BCUT2D eigenvalue weighted by Crippen LogP contribution is -2.32. The fraction of sp³-hybridized carbons (Fsp3) is 0.250. The largest absolute Gasteiger partial charge is 0.496 e. The molecule has 1 atom stereocenters. The number of nitrogens with zero attached hydrogens (tertiary/aromatic N) is 3. The number of hydrogen-bond acceptors (Lipinski definition) is 5. The number of rotatable bonds is 4. The summed E-state index contributed by atoms with van der Waals surface area (Å²) in [6, 6.07) is 12.9. The summed E-state index contributed by atoms with van der Waals surface area (Å²) in [6.07, 6.45) is 2.57. The van der Waals surface area contributed by atoms with Crippen molar-refractivity contribution in [1.82, 2.24) is 14.9 Å². The maximum Gasteiger partial charge on any atom is 0.257 e. The molecule has 1 aliphatic heterocycles. The number of amides is 1. The zero-order chi connectivity index (χ0) is 18.8. The normalized spacial score (nSPS) is 16.5. The molecule has 1 fully saturated rings. The first kappa shape index (κ1) is 17.5. The Morgan fingerprint density at radius 3 is 2.89 bits per heavy atom. The van der Waals surface area contributed by atoms with Gasteiger partial charge in [-0.15, -0.1) is 0 Å². The molecule has 27 heavy (non-hydrogen) atoms. The Labute approximate surface area is 162 Å². The lowest BCUT2D eigenvalue weighted by atomic mass is 10.1. The third kappa shape index (κ3) is 3.66. The van der Waals surface area contributed by atoms with Gasteiger partial charge in [-0.05, 0) is 36.8 Å². The second kappa shape index (κ2) is 7.40. The van der Waals surface area contributed by atoms with E-state index in [1.54, 1.807) is 36.4 Å². The summed E-state index contributed by atoms with van der Waals surface area (Å²) in [5.74, 6) is 1.16. The highest BCUT2D eigenvalue weighted by atomic mass is 35.5. The summed E-state index contributed by atoms with van der Waals surface area (Å²) in [6.45, 7) is 1.25. The predicted octanol–water partition coefficient (Wildman–Crippen LogP) is 3.62. The number of hydrogen-bond donors (Lipinski definition) is 1.